The zero-order chi connectivity index (χ0) is 15.7. The van der Waals surface area contributed by atoms with Gasteiger partial charge in [-0.3, -0.25) is 0 Å². The lowest BCUT2D eigenvalue weighted by Crippen LogP contribution is -2.44. The minimum Gasteiger partial charge on any atom is -0.331 e. The van der Waals surface area contributed by atoms with Crippen LogP contribution < -0.4 is 10.6 Å². The van der Waals surface area contributed by atoms with Crippen molar-refractivity contribution in [1.82, 2.24) is 20.4 Å². The average Bonchev–Trinajstić information content (AvgIpc) is 2.57. The molecule has 0 fully saturated rings. The zero-order valence-electron chi connectivity index (χ0n) is 13.1. The van der Waals surface area contributed by atoms with Crippen molar-refractivity contribution < 1.29 is 9.59 Å². The molecule has 0 aliphatic heterocycles. The molecule has 21 heavy (non-hydrogen) atoms. The summed E-state index contributed by atoms with van der Waals surface area (Å²) >= 11 is 0. The van der Waals surface area contributed by atoms with Crippen LogP contribution in [-0.2, 0) is 0 Å². The fraction of sp³-hybridized carbons (Fsp3) is 0.467. The van der Waals surface area contributed by atoms with Gasteiger partial charge >= 0.3 is 12.1 Å². The van der Waals surface area contributed by atoms with Gasteiger partial charge in [-0.25, -0.2) is 9.59 Å². The minimum atomic E-state index is -0.242. The lowest BCUT2D eigenvalue weighted by atomic mass is 10.1. The standard InChI is InChI=1S/C15H22N4O2/c1-9-10-7-6-8-11(9)13(17-15(21)19(4)5)12(10)16-14(20)18(2)3/h6-8,12-13H,1-5H3,(H,16,20)(H,17,21). The number of benzene rings is 1. The van der Waals surface area contributed by atoms with Crippen molar-refractivity contribution in [3.8, 4) is 0 Å². The summed E-state index contributed by atoms with van der Waals surface area (Å²) in [6.45, 7) is 2.02. The van der Waals surface area contributed by atoms with Crippen LogP contribution in [-0.4, -0.2) is 50.1 Å². The van der Waals surface area contributed by atoms with Gasteiger partial charge in [-0.05, 0) is 23.6 Å². The summed E-state index contributed by atoms with van der Waals surface area (Å²) in [7, 11) is 6.78. The predicted molar refractivity (Wildman–Crippen MR) is 81.1 cm³/mol. The molecule has 1 aromatic carbocycles. The second-order valence-corrected chi connectivity index (χ2v) is 5.70. The maximum Gasteiger partial charge on any atom is 0.317 e. The molecule has 0 aromatic heterocycles. The van der Waals surface area contributed by atoms with Crippen molar-refractivity contribution in [2.45, 2.75) is 19.0 Å². The van der Waals surface area contributed by atoms with E-state index in [1.807, 2.05) is 25.1 Å². The maximum absolute atomic E-state index is 12.0. The molecule has 1 aliphatic rings. The van der Waals surface area contributed by atoms with Crippen LogP contribution in [0, 0.1) is 6.92 Å². The van der Waals surface area contributed by atoms with Crippen molar-refractivity contribution in [2.75, 3.05) is 28.2 Å². The first-order valence-corrected chi connectivity index (χ1v) is 6.88. The molecular formula is C15H22N4O2. The van der Waals surface area contributed by atoms with Gasteiger partial charge in [0.1, 0.15) is 0 Å². The maximum atomic E-state index is 12.0. The highest BCUT2D eigenvalue weighted by Gasteiger charge is 2.36. The van der Waals surface area contributed by atoms with E-state index in [9.17, 15) is 9.59 Å². The molecule has 2 bridgehead atoms. The van der Waals surface area contributed by atoms with E-state index in [-0.39, 0.29) is 24.1 Å². The number of amides is 4. The van der Waals surface area contributed by atoms with Crippen LogP contribution in [0.3, 0.4) is 0 Å². The van der Waals surface area contributed by atoms with Crippen molar-refractivity contribution in [3.05, 3.63) is 34.9 Å². The summed E-state index contributed by atoms with van der Waals surface area (Å²) in [5.41, 5.74) is 3.21. The number of hydrogen-bond acceptors (Lipinski definition) is 2. The van der Waals surface area contributed by atoms with Crippen LogP contribution in [0.4, 0.5) is 9.59 Å². The Labute approximate surface area is 125 Å². The van der Waals surface area contributed by atoms with E-state index < -0.39 is 0 Å². The summed E-state index contributed by atoms with van der Waals surface area (Å²) in [6, 6.07) is 5.09. The summed E-state index contributed by atoms with van der Waals surface area (Å²) in [5, 5.41) is 5.96. The Bertz CT molecular complexity index is 523. The molecule has 6 nitrogen and oxygen atoms in total. The van der Waals surface area contributed by atoms with E-state index in [1.165, 1.54) is 9.80 Å². The summed E-state index contributed by atoms with van der Waals surface area (Å²) in [4.78, 5) is 26.9. The molecule has 0 heterocycles. The number of fused-ring (bicyclic) bond motifs is 2. The zero-order valence-corrected chi connectivity index (χ0v) is 13.1. The Morgan fingerprint density at radius 3 is 1.62 bits per heavy atom. The topological polar surface area (TPSA) is 64.7 Å². The molecular weight excluding hydrogens is 268 g/mol. The SMILES string of the molecule is Cc1c2cccc1C(NC(=O)N(C)C)C2NC(=O)N(C)C. The number of rotatable bonds is 2. The Kier molecular flexibility index (Phi) is 4.06. The summed E-state index contributed by atoms with van der Waals surface area (Å²) < 4.78 is 0. The molecule has 0 radical (unpaired) electrons. The lowest BCUT2D eigenvalue weighted by Gasteiger charge is -2.26. The largest absolute Gasteiger partial charge is 0.331 e. The third-order valence-corrected chi connectivity index (χ3v) is 3.79. The molecule has 0 spiro atoms. The van der Waals surface area contributed by atoms with Crippen LogP contribution >= 0.6 is 0 Å². The van der Waals surface area contributed by atoms with E-state index in [1.54, 1.807) is 28.2 Å². The highest BCUT2D eigenvalue weighted by atomic mass is 16.2. The molecule has 2 unspecified atom stereocenters. The highest BCUT2D eigenvalue weighted by Crippen LogP contribution is 2.40. The molecule has 1 aromatic rings. The van der Waals surface area contributed by atoms with Crippen LogP contribution in [0.15, 0.2) is 18.2 Å². The molecule has 2 N–H and O–H groups in total. The number of hydrogen-bond donors (Lipinski definition) is 2. The van der Waals surface area contributed by atoms with Gasteiger partial charge in [0.05, 0.1) is 12.1 Å². The van der Waals surface area contributed by atoms with Crippen LogP contribution in [0.5, 0.6) is 0 Å². The van der Waals surface area contributed by atoms with Crippen molar-refractivity contribution in [3.63, 3.8) is 0 Å². The lowest BCUT2D eigenvalue weighted by molar-refractivity contribution is 0.201. The minimum absolute atomic E-state index is 0.175. The fourth-order valence-corrected chi connectivity index (χ4v) is 2.55. The monoisotopic (exact) mass is 290 g/mol. The number of nitrogens with zero attached hydrogens (tertiary/aromatic N) is 2. The Morgan fingerprint density at radius 1 is 0.905 bits per heavy atom. The van der Waals surface area contributed by atoms with E-state index >= 15 is 0 Å². The quantitative estimate of drug-likeness (QED) is 0.869. The van der Waals surface area contributed by atoms with Gasteiger partial charge < -0.3 is 20.4 Å². The number of urea groups is 2. The van der Waals surface area contributed by atoms with Gasteiger partial charge in [0.2, 0.25) is 0 Å². The van der Waals surface area contributed by atoms with Crippen molar-refractivity contribution >= 4 is 12.1 Å². The first-order chi connectivity index (χ1) is 9.82. The number of nitrogens with one attached hydrogen (secondary N) is 2. The molecule has 0 saturated carbocycles. The third-order valence-electron chi connectivity index (χ3n) is 3.79. The Hall–Kier alpha value is -2.24. The van der Waals surface area contributed by atoms with Crippen molar-refractivity contribution in [2.24, 2.45) is 0 Å². The van der Waals surface area contributed by atoms with Gasteiger partial charge in [0, 0.05) is 28.2 Å². The Balaban J connectivity index is 2.28. The van der Waals surface area contributed by atoms with Crippen molar-refractivity contribution in [1.29, 1.82) is 0 Å². The molecule has 0 saturated heterocycles. The number of carbonyl (C=O) groups excluding carboxylic acids is 2. The highest BCUT2D eigenvalue weighted by molar-refractivity contribution is 5.77. The third kappa shape index (κ3) is 2.79. The van der Waals surface area contributed by atoms with E-state index in [0.717, 1.165) is 16.7 Å². The van der Waals surface area contributed by atoms with Gasteiger partial charge in [-0.15, -0.1) is 0 Å². The second-order valence-electron chi connectivity index (χ2n) is 5.70. The van der Waals surface area contributed by atoms with Crippen LogP contribution in [0.25, 0.3) is 0 Å². The average molecular weight is 290 g/mol. The van der Waals surface area contributed by atoms with Crippen LogP contribution in [0.2, 0.25) is 0 Å². The first kappa shape index (κ1) is 15.2. The smallest absolute Gasteiger partial charge is 0.317 e. The van der Waals surface area contributed by atoms with E-state index in [2.05, 4.69) is 10.6 Å². The molecule has 6 heteroatoms. The molecule has 2 atom stereocenters. The summed E-state index contributed by atoms with van der Waals surface area (Å²) in [5.74, 6) is 0. The van der Waals surface area contributed by atoms with Gasteiger partial charge in [0.25, 0.3) is 0 Å². The first-order valence-electron chi connectivity index (χ1n) is 6.88. The van der Waals surface area contributed by atoms with E-state index in [4.69, 9.17) is 0 Å². The Morgan fingerprint density at radius 2 is 1.29 bits per heavy atom. The molecule has 4 amide bonds. The fourth-order valence-electron chi connectivity index (χ4n) is 2.55. The molecule has 114 valence electrons. The second kappa shape index (κ2) is 5.63. The predicted octanol–water partition coefficient (Wildman–Crippen LogP) is 1.63. The van der Waals surface area contributed by atoms with Crippen LogP contribution in [0.1, 0.15) is 28.8 Å². The normalized spacial score (nSPS) is 19.1. The summed E-state index contributed by atoms with van der Waals surface area (Å²) in [6.07, 6.45) is 0. The van der Waals surface area contributed by atoms with Gasteiger partial charge in [0.15, 0.2) is 0 Å². The molecule has 1 aliphatic carbocycles. The number of carbonyl (C=O) groups is 2. The van der Waals surface area contributed by atoms with E-state index in [0.29, 0.717) is 0 Å². The van der Waals surface area contributed by atoms with Gasteiger partial charge in [-0.2, -0.15) is 0 Å². The van der Waals surface area contributed by atoms with Gasteiger partial charge in [-0.1, -0.05) is 18.2 Å². The molecule has 2 rings (SSSR count).